The Morgan fingerprint density at radius 3 is 2.71 bits per heavy atom. The topological polar surface area (TPSA) is 54.2 Å². The van der Waals surface area contributed by atoms with Gasteiger partial charge in [0.25, 0.3) is 0 Å². The predicted molar refractivity (Wildman–Crippen MR) is 102 cm³/mol. The number of hydrogen-bond donors (Lipinski definition) is 2. The van der Waals surface area contributed by atoms with E-state index < -0.39 is 0 Å². The van der Waals surface area contributed by atoms with Gasteiger partial charge in [0.15, 0.2) is 0 Å². The molecule has 136 valence electrons. The first-order chi connectivity index (χ1) is 11.8. The number of aromatic nitrogens is 1. The lowest BCUT2D eigenvalue weighted by molar-refractivity contribution is 0.317. The first-order valence-electron chi connectivity index (χ1n) is 9.86. The molecule has 0 amide bonds. The third-order valence-electron chi connectivity index (χ3n) is 5.10. The average molecular weight is 333 g/mol. The van der Waals surface area contributed by atoms with Crippen LogP contribution in [0.2, 0.25) is 0 Å². The number of rotatable bonds is 12. The fraction of sp³-hybridized carbons (Fsp3) is 0.750. The van der Waals surface area contributed by atoms with Crippen molar-refractivity contribution in [2.24, 2.45) is 5.73 Å². The summed E-state index contributed by atoms with van der Waals surface area (Å²) in [4.78, 5) is 6.93. The van der Waals surface area contributed by atoms with Crippen molar-refractivity contribution in [3.63, 3.8) is 0 Å². The van der Waals surface area contributed by atoms with E-state index in [0.717, 1.165) is 26.1 Å². The summed E-state index contributed by atoms with van der Waals surface area (Å²) >= 11 is 0. The summed E-state index contributed by atoms with van der Waals surface area (Å²) in [7, 11) is 2.23. The van der Waals surface area contributed by atoms with E-state index in [1.54, 1.807) is 0 Å². The van der Waals surface area contributed by atoms with E-state index in [9.17, 15) is 0 Å². The summed E-state index contributed by atoms with van der Waals surface area (Å²) in [5.74, 6) is 0. The van der Waals surface area contributed by atoms with E-state index in [1.807, 2.05) is 6.20 Å². The zero-order valence-corrected chi connectivity index (χ0v) is 15.5. The van der Waals surface area contributed by atoms with E-state index in [2.05, 4.69) is 34.5 Å². The average Bonchev–Trinajstić information content (AvgIpc) is 3.03. The van der Waals surface area contributed by atoms with E-state index in [1.165, 1.54) is 69.0 Å². The molecule has 1 aliphatic rings. The van der Waals surface area contributed by atoms with E-state index in [-0.39, 0.29) is 0 Å². The van der Waals surface area contributed by atoms with Crippen molar-refractivity contribution in [3.05, 3.63) is 29.6 Å². The Labute approximate surface area is 148 Å². The minimum Gasteiger partial charge on any atom is -0.330 e. The number of pyridine rings is 1. The predicted octanol–water partition coefficient (Wildman–Crippen LogP) is 3.28. The van der Waals surface area contributed by atoms with Crippen LogP contribution in [0.5, 0.6) is 0 Å². The molecule has 1 fully saturated rings. The van der Waals surface area contributed by atoms with Gasteiger partial charge in [0.05, 0.1) is 0 Å². The second-order valence-corrected chi connectivity index (χ2v) is 7.18. The van der Waals surface area contributed by atoms with Crippen LogP contribution in [-0.2, 0) is 6.42 Å². The van der Waals surface area contributed by atoms with Gasteiger partial charge in [-0.15, -0.1) is 0 Å². The highest BCUT2D eigenvalue weighted by atomic mass is 15.1. The van der Waals surface area contributed by atoms with Crippen LogP contribution in [0, 0.1) is 0 Å². The van der Waals surface area contributed by atoms with Crippen LogP contribution >= 0.6 is 0 Å². The lowest BCUT2D eigenvalue weighted by Crippen LogP contribution is -2.18. The Morgan fingerprint density at radius 2 is 1.92 bits per heavy atom. The minimum atomic E-state index is 0.579. The Bertz CT molecular complexity index is 449. The molecule has 1 aliphatic heterocycles. The van der Waals surface area contributed by atoms with Gasteiger partial charge in [-0.25, -0.2) is 0 Å². The normalized spacial score (nSPS) is 18.3. The molecule has 2 heterocycles. The Balaban J connectivity index is 1.56. The quantitative estimate of drug-likeness (QED) is 0.577. The van der Waals surface area contributed by atoms with Crippen LogP contribution in [0.25, 0.3) is 0 Å². The summed E-state index contributed by atoms with van der Waals surface area (Å²) in [5.41, 5.74) is 8.29. The van der Waals surface area contributed by atoms with Gasteiger partial charge >= 0.3 is 0 Å². The number of nitrogens with zero attached hydrogens (tertiary/aromatic N) is 2. The van der Waals surface area contributed by atoms with Gasteiger partial charge in [-0.3, -0.25) is 9.88 Å². The van der Waals surface area contributed by atoms with Crippen molar-refractivity contribution < 1.29 is 0 Å². The molecule has 0 spiro atoms. The van der Waals surface area contributed by atoms with Crippen LogP contribution in [0.3, 0.4) is 0 Å². The maximum Gasteiger partial charge on any atom is 0.0360 e. The number of likely N-dealkylation sites (tertiary alicyclic amines) is 1. The SMILES string of the molecule is CN1CCC[C@H]1c1cncc(CCCNCCCCCCCN)c1. The summed E-state index contributed by atoms with van der Waals surface area (Å²) in [6.45, 7) is 4.31. The second kappa shape index (κ2) is 11.6. The highest BCUT2D eigenvalue weighted by Gasteiger charge is 2.22. The van der Waals surface area contributed by atoms with E-state index >= 15 is 0 Å². The van der Waals surface area contributed by atoms with Gasteiger partial charge in [0, 0.05) is 18.4 Å². The Kier molecular flexibility index (Phi) is 9.32. The van der Waals surface area contributed by atoms with Crippen LogP contribution in [0.4, 0.5) is 0 Å². The molecule has 4 heteroatoms. The molecule has 1 saturated heterocycles. The van der Waals surface area contributed by atoms with Crippen LogP contribution in [0.1, 0.15) is 68.5 Å². The molecular formula is C20H36N4. The maximum absolute atomic E-state index is 5.50. The molecule has 0 aromatic carbocycles. The van der Waals surface area contributed by atoms with Crippen molar-refractivity contribution >= 4 is 0 Å². The molecule has 0 unspecified atom stereocenters. The van der Waals surface area contributed by atoms with E-state index in [4.69, 9.17) is 5.73 Å². The van der Waals surface area contributed by atoms with Gasteiger partial charge in [0.2, 0.25) is 0 Å². The third kappa shape index (κ3) is 6.88. The van der Waals surface area contributed by atoms with Crippen molar-refractivity contribution in [2.45, 2.75) is 63.8 Å². The summed E-state index contributed by atoms with van der Waals surface area (Å²) in [6, 6.07) is 2.95. The zero-order valence-electron chi connectivity index (χ0n) is 15.5. The largest absolute Gasteiger partial charge is 0.330 e. The van der Waals surface area contributed by atoms with Gasteiger partial charge < -0.3 is 11.1 Å². The smallest absolute Gasteiger partial charge is 0.0360 e. The van der Waals surface area contributed by atoms with E-state index in [0.29, 0.717) is 6.04 Å². The van der Waals surface area contributed by atoms with Crippen molar-refractivity contribution in [2.75, 3.05) is 33.2 Å². The number of nitrogens with two attached hydrogens (primary N) is 1. The van der Waals surface area contributed by atoms with Crippen molar-refractivity contribution in [1.82, 2.24) is 15.2 Å². The second-order valence-electron chi connectivity index (χ2n) is 7.18. The fourth-order valence-electron chi connectivity index (χ4n) is 3.63. The number of unbranched alkanes of at least 4 members (excludes halogenated alkanes) is 4. The van der Waals surface area contributed by atoms with Crippen LogP contribution in [0.15, 0.2) is 18.5 Å². The van der Waals surface area contributed by atoms with Crippen molar-refractivity contribution in [3.8, 4) is 0 Å². The molecule has 0 bridgehead atoms. The van der Waals surface area contributed by atoms with Gasteiger partial charge in [0.1, 0.15) is 0 Å². The summed E-state index contributed by atoms with van der Waals surface area (Å²) in [6.07, 6.45) is 15.4. The fourth-order valence-corrected chi connectivity index (χ4v) is 3.63. The monoisotopic (exact) mass is 332 g/mol. The molecule has 2 rings (SSSR count). The first kappa shape index (κ1) is 19.4. The standard InChI is InChI=1S/C20H36N4/c1-24-14-8-10-20(24)19-15-18(16-23-17-19)9-7-13-22-12-6-4-2-3-5-11-21/h15-17,20,22H,2-14,21H2,1H3/t20-/m0/s1. The molecular weight excluding hydrogens is 296 g/mol. The number of aryl methyl sites for hydroxylation is 1. The molecule has 0 aliphatic carbocycles. The molecule has 1 atom stereocenters. The number of nitrogens with one attached hydrogen (secondary N) is 1. The molecule has 4 nitrogen and oxygen atoms in total. The highest BCUT2D eigenvalue weighted by Crippen LogP contribution is 2.30. The summed E-state index contributed by atoms with van der Waals surface area (Å²) in [5, 5.41) is 3.57. The number of hydrogen-bond acceptors (Lipinski definition) is 4. The maximum atomic E-state index is 5.50. The Hall–Kier alpha value is -0.970. The molecule has 1 aromatic rings. The zero-order chi connectivity index (χ0) is 17.0. The Morgan fingerprint density at radius 1 is 1.12 bits per heavy atom. The van der Waals surface area contributed by atoms with Crippen LogP contribution < -0.4 is 11.1 Å². The first-order valence-corrected chi connectivity index (χ1v) is 9.86. The van der Waals surface area contributed by atoms with Crippen molar-refractivity contribution in [1.29, 1.82) is 0 Å². The van der Waals surface area contributed by atoms with Gasteiger partial charge in [-0.2, -0.15) is 0 Å². The lowest BCUT2D eigenvalue weighted by Gasteiger charge is -2.19. The molecule has 1 aromatic heterocycles. The van der Waals surface area contributed by atoms with Gasteiger partial charge in [-0.05, 0) is 82.9 Å². The van der Waals surface area contributed by atoms with Crippen LogP contribution in [-0.4, -0.2) is 43.1 Å². The highest BCUT2D eigenvalue weighted by molar-refractivity contribution is 5.22. The minimum absolute atomic E-state index is 0.579. The third-order valence-corrected chi connectivity index (χ3v) is 5.10. The molecule has 3 N–H and O–H groups in total. The molecule has 0 radical (unpaired) electrons. The summed E-state index contributed by atoms with van der Waals surface area (Å²) < 4.78 is 0. The lowest BCUT2D eigenvalue weighted by atomic mass is 10.0. The molecule has 24 heavy (non-hydrogen) atoms. The molecule has 0 saturated carbocycles. The van der Waals surface area contributed by atoms with Gasteiger partial charge in [-0.1, -0.05) is 25.3 Å².